The summed E-state index contributed by atoms with van der Waals surface area (Å²) in [5.41, 5.74) is 3.98. The Morgan fingerprint density at radius 3 is 2.62 bits per heavy atom. The van der Waals surface area contributed by atoms with Crippen molar-refractivity contribution in [3.8, 4) is 0 Å². The highest BCUT2D eigenvalue weighted by molar-refractivity contribution is 5.53. The molecule has 2 heteroatoms. The van der Waals surface area contributed by atoms with Crippen molar-refractivity contribution < 1.29 is 4.74 Å². The summed E-state index contributed by atoms with van der Waals surface area (Å²) in [6.45, 7) is 3.02. The minimum Gasteiger partial charge on any atom is -0.382 e. The van der Waals surface area contributed by atoms with Crippen LogP contribution >= 0.6 is 0 Å². The number of hydrogen-bond acceptors (Lipinski definition) is 2. The van der Waals surface area contributed by atoms with Crippen LogP contribution in [-0.2, 0) is 11.2 Å². The maximum absolute atomic E-state index is 5.63. The van der Waals surface area contributed by atoms with Crippen LogP contribution in [0.3, 0.4) is 0 Å². The van der Waals surface area contributed by atoms with E-state index in [9.17, 15) is 0 Å². The summed E-state index contributed by atoms with van der Waals surface area (Å²) in [6, 6.07) is 19.8. The van der Waals surface area contributed by atoms with E-state index in [-0.39, 0.29) is 0 Å². The predicted octanol–water partition coefficient (Wildman–Crippen LogP) is 4.26. The smallest absolute Gasteiger partial charge is 0.0566 e. The molecule has 0 amide bonds. The van der Waals surface area contributed by atoms with E-state index >= 15 is 0 Å². The Kier molecular flexibility index (Phi) is 4.56. The summed E-state index contributed by atoms with van der Waals surface area (Å²) in [4.78, 5) is 0. The molecule has 0 spiro atoms. The standard InChI is InChI=1S/C19H23NO/c1-15-13-18(11-12-21-15)20-19-10-6-5-9-17(19)14-16-7-3-2-4-8-16/h2-10,15,18,20H,11-14H2,1H3. The van der Waals surface area contributed by atoms with Crippen molar-refractivity contribution in [1.82, 2.24) is 0 Å². The summed E-state index contributed by atoms with van der Waals surface area (Å²) in [5, 5.41) is 3.72. The Balaban J connectivity index is 1.73. The van der Waals surface area contributed by atoms with Crippen molar-refractivity contribution in [3.05, 3.63) is 65.7 Å². The minimum absolute atomic E-state index is 0.359. The number of nitrogens with one attached hydrogen (secondary N) is 1. The van der Waals surface area contributed by atoms with Gasteiger partial charge < -0.3 is 10.1 Å². The van der Waals surface area contributed by atoms with Crippen molar-refractivity contribution in [2.75, 3.05) is 11.9 Å². The normalized spacial score (nSPS) is 22.0. The molecule has 1 fully saturated rings. The van der Waals surface area contributed by atoms with Crippen molar-refractivity contribution in [3.63, 3.8) is 0 Å². The van der Waals surface area contributed by atoms with Crippen molar-refractivity contribution in [2.45, 2.75) is 38.3 Å². The van der Waals surface area contributed by atoms with Gasteiger partial charge in [0.05, 0.1) is 6.10 Å². The highest BCUT2D eigenvalue weighted by atomic mass is 16.5. The molecule has 0 aromatic heterocycles. The first-order chi connectivity index (χ1) is 10.3. The number of para-hydroxylation sites is 1. The Hall–Kier alpha value is -1.80. The highest BCUT2D eigenvalue weighted by Gasteiger charge is 2.19. The van der Waals surface area contributed by atoms with Crippen molar-refractivity contribution in [1.29, 1.82) is 0 Å². The van der Waals surface area contributed by atoms with Gasteiger partial charge in [-0.2, -0.15) is 0 Å². The molecule has 0 aliphatic carbocycles. The van der Waals surface area contributed by atoms with E-state index in [0.29, 0.717) is 12.1 Å². The molecule has 1 aliphatic heterocycles. The lowest BCUT2D eigenvalue weighted by molar-refractivity contribution is 0.0232. The van der Waals surface area contributed by atoms with Gasteiger partial charge in [0.2, 0.25) is 0 Å². The van der Waals surface area contributed by atoms with Gasteiger partial charge >= 0.3 is 0 Å². The van der Waals surface area contributed by atoms with Gasteiger partial charge in [-0.25, -0.2) is 0 Å². The van der Waals surface area contributed by atoms with Crippen LogP contribution in [0.4, 0.5) is 5.69 Å². The van der Waals surface area contributed by atoms with Gasteiger partial charge in [0, 0.05) is 18.3 Å². The SMILES string of the molecule is CC1CC(Nc2ccccc2Cc2ccccc2)CCO1. The zero-order valence-corrected chi connectivity index (χ0v) is 12.6. The Morgan fingerprint density at radius 2 is 1.81 bits per heavy atom. The second kappa shape index (κ2) is 6.77. The highest BCUT2D eigenvalue weighted by Crippen LogP contribution is 2.23. The molecule has 3 rings (SSSR count). The summed E-state index contributed by atoms with van der Waals surface area (Å²) < 4.78 is 5.63. The van der Waals surface area contributed by atoms with Gasteiger partial charge in [-0.05, 0) is 43.4 Å². The van der Waals surface area contributed by atoms with Crippen LogP contribution in [-0.4, -0.2) is 18.8 Å². The molecule has 0 radical (unpaired) electrons. The van der Waals surface area contributed by atoms with Crippen LogP contribution in [0.5, 0.6) is 0 Å². The molecule has 2 aromatic carbocycles. The molecule has 2 aromatic rings. The Labute approximate surface area is 127 Å². The molecule has 110 valence electrons. The fourth-order valence-electron chi connectivity index (χ4n) is 2.98. The lowest BCUT2D eigenvalue weighted by atomic mass is 10.0. The molecular formula is C19H23NO. The zero-order valence-electron chi connectivity index (χ0n) is 12.6. The fourth-order valence-corrected chi connectivity index (χ4v) is 2.98. The molecule has 2 unspecified atom stereocenters. The van der Waals surface area contributed by atoms with E-state index in [2.05, 4.69) is 66.8 Å². The van der Waals surface area contributed by atoms with E-state index in [1.165, 1.54) is 16.8 Å². The molecule has 21 heavy (non-hydrogen) atoms. The van der Waals surface area contributed by atoms with Crippen LogP contribution in [0.15, 0.2) is 54.6 Å². The fraction of sp³-hybridized carbons (Fsp3) is 0.368. The van der Waals surface area contributed by atoms with Crippen LogP contribution in [0.2, 0.25) is 0 Å². The average molecular weight is 281 g/mol. The summed E-state index contributed by atoms with van der Waals surface area (Å²) >= 11 is 0. The van der Waals surface area contributed by atoms with Crippen molar-refractivity contribution >= 4 is 5.69 Å². The largest absolute Gasteiger partial charge is 0.382 e. The van der Waals surface area contributed by atoms with E-state index in [1.807, 2.05) is 0 Å². The molecule has 1 N–H and O–H groups in total. The summed E-state index contributed by atoms with van der Waals surface area (Å²) in [6.07, 6.45) is 3.50. The third-order valence-electron chi connectivity index (χ3n) is 4.10. The lowest BCUT2D eigenvalue weighted by Crippen LogP contribution is -2.32. The molecule has 0 bridgehead atoms. The molecule has 0 saturated carbocycles. The quantitative estimate of drug-likeness (QED) is 0.904. The predicted molar refractivity (Wildman–Crippen MR) is 87.7 cm³/mol. The Bertz CT molecular complexity index is 567. The number of benzene rings is 2. The molecule has 2 nitrogen and oxygen atoms in total. The van der Waals surface area contributed by atoms with Gasteiger partial charge in [0.1, 0.15) is 0 Å². The average Bonchev–Trinajstić information content (AvgIpc) is 2.50. The minimum atomic E-state index is 0.359. The van der Waals surface area contributed by atoms with Crippen LogP contribution in [0.25, 0.3) is 0 Å². The molecule has 1 aliphatic rings. The molecular weight excluding hydrogens is 258 g/mol. The van der Waals surface area contributed by atoms with Gasteiger partial charge in [0.15, 0.2) is 0 Å². The third-order valence-corrected chi connectivity index (χ3v) is 4.10. The lowest BCUT2D eigenvalue weighted by Gasteiger charge is -2.29. The molecule has 2 atom stereocenters. The second-order valence-electron chi connectivity index (χ2n) is 5.87. The van der Waals surface area contributed by atoms with E-state index in [0.717, 1.165) is 25.9 Å². The maximum Gasteiger partial charge on any atom is 0.0566 e. The van der Waals surface area contributed by atoms with E-state index in [4.69, 9.17) is 4.74 Å². The van der Waals surface area contributed by atoms with Crippen LogP contribution in [0.1, 0.15) is 30.9 Å². The third kappa shape index (κ3) is 3.85. The summed E-state index contributed by atoms with van der Waals surface area (Å²) in [5.74, 6) is 0. The van der Waals surface area contributed by atoms with Gasteiger partial charge in [-0.3, -0.25) is 0 Å². The van der Waals surface area contributed by atoms with Crippen molar-refractivity contribution in [2.24, 2.45) is 0 Å². The maximum atomic E-state index is 5.63. The Morgan fingerprint density at radius 1 is 1.05 bits per heavy atom. The number of anilines is 1. The van der Waals surface area contributed by atoms with Gasteiger partial charge in [-0.15, -0.1) is 0 Å². The second-order valence-corrected chi connectivity index (χ2v) is 5.87. The van der Waals surface area contributed by atoms with Gasteiger partial charge in [0.25, 0.3) is 0 Å². The zero-order chi connectivity index (χ0) is 14.5. The first-order valence-electron chi connectivity index (χ1n) is 7.81. The van der Waals surface area contributed by atoms with E-state index in [1.54, 1.807) is 0 Å². The molecule has 1 saturated heterocycles. The van der Waals surface area contributed by atoms with E-state index < -0.39 is 0 Å². The van der Waals surface area contributed by atoms with Crippen LogP contribution in [0, 0.1) is 0 Å². The molecule has 1 heterocycles. The monoisotopic (exact) mass is 281 g/mol. The first kappa shape index (κ1) is 14.2. The number of hydrogen-bond donors (Lipinski definition) is 1. The number of rotatable bonds is 4. The van der Waals surface area contributed by atoms with Gasteiger partial charge in [-0.1, -0.05) is 48.5 Å². The topological polar surface area (TPSA) is 21.3 Å². The number of ether oxygens (including phenoxy) is 1. The van der Waals surface area contributed by atoms with Crippen LogP contribution < -0.4 is 5.32 Å². The first-order valence-corrected chi connectivity index (χ1v) is 7.81. The summed E-state index contributed by atoms with van der Waals surface area (Å²) in [7, 11) is 0.